The molecule has 0 aromatic carbocycles. The minimum absolute atomic E-state index is 0.0238. The summed E-state index contributed by atoms with van der Waals surface area (Å²) in [5.41, 5.74) is 0. The average Bonchev–Trinajstić information content (AvgIpc) is 2.68. The molecule has 1 aromatic heterocycles. The zero-order chi connectivity index (χ0) is 11.7. The van der Waals surface area contributed by atoms with Crippen LogP contribution in [-0.4, -0.2) is 35.1 Å². The lowest BCUT2D eigenvalue weighted by molar-refractivity contribution is 0.0300. The van der Waals surface area contributed by atoms with Crippen LogP contribution in [0.4, 0.5) is 0 Å². The average molecular weight is 260 g/mol. The van der Waals surface area contributed by atoms with Crippen LogP contribution in [0, 0.1) is 5.92 Å². The number of nitrogens with zero attached hydrogens (tertiary/aromatic N) is 1. The summed E-state index contributed by atoms with van der Waals surface area (Å²) in [7, 11) is 0. The molecular formula is C11H14ClNO2S. The summed E-state index contributed by atoms with van der Waals surface area (Å²) in [6.07, 6.45) is 0.377. The number of piperidine rings is 1. The molecule has 1 amide bonds. The third-order valence-corrected chi connectivity index (χ3v) is 4.15. The van der Waals surface area contributed by atoms with E-state index in [1.54, 1.807) is 17.0 Å². The minimum atomic E-state index is -0.282. The smallest absolute Gasteiger partial charge is 0.263 e. The number of amides is 1. The van der Waals surface area contributed by atoms with Crippen molar-refractivity contribution in [3.8, 4) is 0 Å². The lowest BCUT2D eigenvalue weighted by atomic mass is 9.97. The van der Waals surface area contributed by atoms with Crippen LogP contribution in [0.5, 0.6) is 0 Å². The van der Waals surface area contributed by atoms with Crippen molar-refractivity contribution < 1.29 is 9.90 Å². The molecule has 5 heteroatoms. The summed E-state index contributed by atoms with van der Waals surface area (Å²) in [6.45, 7) is 3.21. The monoisotopic (exact) mass is 259 g/mol. The normalized spacial score (nSPS) is 25.8. The number of aliphatic hydroxyl groups is 1. The van der Waals surface area contributed by atoms with E-state index in [-0.39, 0.29) is 17.9 Å². The van der Waals surface area contributed by atoms with Crippen LogP contribution in [0.2, 0.25) is 4.34 Å². The summed E-state index contributed by atoms with van der Waals surface area (Å²) in [5, 5.41) is 9.60. The maximum atomic E-state index is 12.1. The molecule has 0 radical (unpaired) electrons. The Balaban J connectivity index is 2.06. The predicted octanol–water partition coefficient (Wildman–Crippen LogP) is 2.24. The zero-order valence-corrected chi connectivity index (χ0v) is 10.6. The highest BCUT2D eigenvalue weighted by Crippen LogP contribution is 2.25. The maximum absolute atomic E-state index is 12.1. The van der Waals surface area contributed by atoms with E-state index in [4.69, 9.17) is 11.6 Å². The Hall–Kier alpha value is -0.580. The molecular weight excluding hydrogens is 246 g/mol. The predicted molar refractivity (Wildman–Crippen MR) is 65.0 cm³/mol. The molecule has 0 aliphatic carbocycles. The van der Waals surface area contributed by atoms with Crippen LogP contribution in [0.3, 0.4) is 0 Å². The van der Waals surface area contributed by atoms with Gasteiger partial charge in [-0.25, -0.2) is 0 Å². The Bertz CT molecular complexity index is 393. The Kier molecular flexibility index (Phi) is 3.52. The molecule has 1 aliphatic rings. The molecule has 2 heterocycles. The maximum Gasteiger partial charge on any atom is 0.263 e. The van der Waals surface area contributed by atoms with Gasteiger partial charge in [0.15, 0.2) is 0 Å². The third-order valence-electron chi connectivity index (χ3n) is 2.93. The highest BCUT2D eigenvalue weighted by atomic mass is 35.5. The number of aliphatic hydroxyl groups excluding tert-OH is 1. The van der Waals surface area contributed by atoms with Gasteiger partial charge in [0.1, 0.15) is 0 Å². The first-order valence-electron chi connectivity index (χ1n) is 5.30. The second-order valence-corrected chi connectivity index (χ2v) is 5.90. The van der Waals surface area contributed by atoms with Crippen molar-refractivity contribution in [2.45, 2.75) is 19.4 Å². The van der Waals surface area contributed by atoms with E-state index in [9.17, 15) is 9.90 Å². The van der Waals surface area contributed by atoms with E-state index in [0.717, 1.165) is 0 Å². The van der Waals surface area contributed by atoms with Crippen LogP contribution < -0.4 is 0 Å². The molecule has 1 aromatic rings. The van der Waals surface area contributed by atoms with Crippen LogP contribution >= 0.6 is 22.9 Å². The first-order chi connectivity index (χ1) is 7.58. The molecule has 88 valence electrons. The van der Waals surface area contributed by atoms with Crippen molar-refractivity contribution in [3.05, 3.63) is 21.3 Å². The molecule has 2 atom stereocenters. The number of likely N-dealkylation sites (tertiary alicyclic amines) is 1. The molecule has 1 aliphatic heterocycles. The zero-order valence-electron chi connectivity index (χ0n) is 9.02. The number of hydrogen-bond donors (Lipinski definition) is 1. The standard InChI is InChI=1S/C11H14ClNO2S/c1-7-6-13(5-4-8(7)14)11(15)9-2-3-10(12)16-9/h2-3,7-8,14H,4-6H2,1H3. The molecule has 0 spiro atoms. The SMILES string of the molecule is CC1CN(C(=O)c2ccc(Cl)s2)CCC1O. The van der Waals surface area contributed by atoms with Crippen LogP contribution in [0.1, 0.15) is 23.0 Å². The first-order valence-corrected chi connectivity index (χ1v) is 6.50. The molecule has 16 heavy (non-hydrogen) atoms. The second kappa shape index (κ2) is 4.73. The number of hydrogen-bond acceptors (Lipinski definition) is 3. The fourth-order valence-corrected chi connectivity index (χ4v) is 2.91. The molecule has 2 unspecified atom stereocenters. The molecule has 1 fully saturated rings. The number of halogens is 1. The van der Waals surface area contributed by atoms with Crippen molar-refractivity contribution in [3.63, 3.8) is 0 Å². The van der Waals surface area contributed by atoms with Gasteiger partial charge in [0.25, 0.3) is 5.91 Å². The highest BCUT2D eigenvalue weighted by molar-refractivity contribution is 7.17. The quantitative estimate of drug-likeness (QED) is 0.840. The van der Waals surface area contributed by atoms with Gasteiger partial charge in [0.05, 0.1) is 15.3 Å². The van der Waals surface area contributed by atoms with Gasteiger partial charge in [0.2, 0.25) is 0 Å². The molecule has 2 rings (SSSR count). The number of carbonyl (C=O) groups is 1. The molecule has 3 nitrogen and oxygen atoms in total. The van der Waals surface area contributed by atoms with E-state index in [0.29, 0.717) is 28.7 Å². The summed E-state index contributed by atoms with van der Waals surface area (Å²) < 4.78 is 0.633. The van der Waals surface area contributed by atoms with E-state index < -0.39 is 0 Å². The van der Waals surface area contributed by atoms with Crippen molar-refractivity contribution >= 4 is 28.8 Å². The van der Waals surface area contributed by atoms with E-state index in [1.807, 2.05) is 6.92 Å². The summed E-state index contributed by atoms with van der Waals surface area (Å²) in [4.78, 5) is 14.5. The molecule has 1 N–H and O–H groups in total. The lowest BCUT2D eigenvalue weighted by Gasteiger charge is -2.34. The minimum Gasteiger partial charge on any atom is -0.393 e. The van der Waals surface area contributed by atoms with Gasteiger partial charge in [-0.1, -0.05) is 18.5 Å². The Morgan fingerprint density at radius 1 is 1.62 bits per heavy atom. The Morgan fingerprint density at radius 3 is 2.94 bits per heavy atom. The van der Waals surface area contributed by atoms with Gasteiger partial charge in [-0.05, 0) is 24.5 Å². The second-order valence-electron chi connectivity index (χ2n) is 4.19. The van der Waals surface area contributed by atoms with Gasteiger partial charge in [-0.2, -0.15) is 0 Å². The van der Waals surface area contributed by atoms with E-state index in [1.165, 1.54) is 11.3 Å². The first kappa shape index (κ1) is 11.9. The summed E-state index contributed by atoms with van der Waals surface area (Å²) in [5.74, 6) is 0.170. The highest BCUT2D eigenvalue weighted by Gasteiger charge is 2.28. The van der Waals surface area contributed by atoms with E-state index in [2.05, 4.69) is 0 Å². The van der Waals surface area contributed by atoms with Gasteiger partial charge in [0, 0.05) is 13.1 Å². The third kappa shape index (κ3) is 2.39. The molecule has 1 saturated heterocycles. The molecule has 0 saturated carbocycles. The number of carbonyl (C=O) groups excluding carboxylic acids is 1. The summed E-state index contributed by atoms with van der Waals surface area (Å²) >= 11 is 7.11. The fraction of sp³-hybridized carbons (Fsp3) is 0.545. The fourth-order valence-electron chi connectivity index (χ4n) is 1.90. The van der Waals surface area contributed by atoms with Crippen molar-refractivity contribution in [1.29, 1.82) is 0 Å². The number of rotatable bonds is 1. The van der Waals surface area contributed by atoms with Gasteiger partial charge in [-0.3, -0.25) is 4.79 Å². The Labute approximate surface area is 104 Å². The van der Waals surface area contributed by atoms with Crippen LogP contribution in [-0.2, 0) is 0 Å². The van der Waals surface area contributed by atoms with Crippen molar-refractivity contribution in [2.75, 3.05) is 13.1 Å². The largest absolute Gasteiger partial charge is 0.393 e. The van der Waals surface area contributed by atoms with Crippen molar-refractivity contribution in [2.24, 2.45) is 5.92 Å². The Morgan fingerprint density at radius 2 is 2.38 bits per heavy atom. The van der Waals surface area contributed by atoms with Gasteiger partial charge in [-0.15, -0.1) is 11.3 Å². The van der Waals surface area contributed by atoms with Gasteiger partial charge >= 0.3 is 0 Å². The topological polar surface area (TPSA) is 40.5 Å². The van der Waals surface area contributed by atoms with Crippen LogP contribution in [0.15, 0.2) is 12.1 Å². The van der Waals surface area contributed by atoms with Crippen molar-refractivity contribution in [1.82, 2.24) is 4.90 Å². The van der Waals surface area contributed by atoms with E-state index >= 15 is 0 Å². The van der Waals surface area contributed by atoms with Crippen LogP contribution in [0.25, 0.3) is 0 Å². The van der Waals surface area contributed by atoms with Gasteiger partial charge < -0.3 is 10.0 Å². The number of thiophene rings is 1. The lowest BCUT2D eigenvalue weighted by Crippen LogP contribution is -2.44. The summed E-state index contributed by atoms with van der Waals surface area (Å²) in [6, 6.07) is 3.49. The molecule has 0 bridgehead atoms.